The summed E-state index contributed by atoms with van der Waals surface area (Å²) in [5, 5.41) is 0. The van der Waals surface area contributed by atoms with Gasteiger partial charge in [-0.1, -0.05) is 40.0 Å². The zero-order valence-electron chi connectivity index (χ0n) is 13.4. The zero-order valence-corrected chi connectivity index (χ0v) is 13.4. The van der Waals surface area contributed by atoms with Crippen molar-refractivity contribution in [3.63, 3.8) is 0 Å². The van der Waals surface area contributed by atoms with E-state index in [1.54, 1.807) is 0 Å². The first-order valence-corrected chi connectivity index (χ1v) is 8.62. The molecule has 2 nitrogen and oxygen atoms in total. The number of hydrogen-bond donors (Lipinski definition) is 0. The predicted octanol–water partition coefficient (Wildman–Crippen LogP) is 3.48. The minimum absolute atomic E-state index is 0.816. The molecule has 2 aliphatic rings. The van der Waals surface area contributed by atoms with Gasteiger partial charge in [-0.2, -0.15) is 0 Å². The molecule has 0 N–H and O–H groups in total. The summed E-state index contributed by atoms with van der Waals surface area (Å²) in [6.07, 6.45) is 7.37. The maximum Gasteiger partial charge on any atom is 0.0110 e. The average Bonchev–Trinajstić information content (AvgIpc) is 2.41. The summed E-state index contributed by atoms with van der Waals surface area (Å²) in [4.78, 5) is 5.38. The van der Waals surface area contributed by atoms with Crippen LogP contribution < -0.4 is 0 Å². The molecular formula is C17H34N2. The Morgan fingerprint density at radius 3 is 1.89 bits per heavy atom. The quantitative estimate of drug-likeness (QED) is 0.752. The zero-order chi connectivity index (χ0) is 13.7. The van der Waals surface area contributed by atoms with E-state index in [0.29, 0.717) is 0 Å². The van der Waals surface area contributed by atoms with Gasteiger partial charge in [0.25, 0.3) is 0 Å². The molecule has 1 aliphatic heterocycles. The van der Waals surface area contributed by atoms with Crippen LogP contribution in [0.4, 0.5) is 0 Å². The monoisotopic (exact) mass is 266 g/mol. The van der Waals surface area contributed by atoms with E-state index in [1.165, 1.54) is 71.4 Å². The van der Waals surface area contributed by atoms with Gasteiger partial charge in [-0.25, -0.2) is 0 Å². The summed E-state index contributed by atoms with van der Waals surface area (Å²) in [6, 6.07) is 0. The Balaban J connectivity index is 1.63. The Morgan fingerprint density at radius 2 is 1.37 bits per heavy atom. The van der Waals surface area contributed by atoms with Crippen LogP contribution in [0.25, 0.3) is 0 Å². The fraction of sp³-hybridized carbons (Fsp3) is 1.00. The van der Waals surface area contributed by atoms with E-state index in [4.69, 9.17) is 0 Å². The summed E-state index contributed by atoms with van der Waals surface area (Å²) in [5.41, 5.74) is 0. The molecule has 0 unspecified atom stereocenters. The van der Waals surface area contributed by atoms with Crippen LogP contribution in [0.1, 0.15) is 52.9 Å². The van der Waals surface area contributed by atoms with Crippen molar-refractivity contribution in [1.29, 1.82) is 0 Å². The van der Waals surface area contributed by atoms with E-state index in [0.717, 1.165) is 17.8 Å². The number of hydrogen-bond acceptors (Lipinski definition) is 2. The van der Waals surface area contributed by atoms with Gasteiger partial charge >= 0.3 is 0 Å². The number of piperazine rings is 1. The molecule has 1 saturated heterocycles. The lowest BCUT2D eigenvalue weighted by Gasteiger charge is -2.38. The third kappa shape index (κ3) is 5.07. The topological polar surface area (TPSA) is 6.48 Å². The lowest BCUT2D eigenvalue weighted by atomic mass is 9.80. The summed E-state index contributed by atoms with van der Waals surface area (Å²) >= 11 is 0. The number of rotatable bonds is 5. The van der Waals surface area contributed by atoms with Crippen LogP contribution in [-0.4, -0.2) is 49.1 Å². The highest BCUT2D eigenvalue weighted by molar-refractivity contribution is 4.78. The Bertz CT molecular complexity index is 236. The van der Waals surface area contributed by atoms with E-state index in [1.807, 2.05) is 0 Å². The van der Waals surface area contributed by atoms with Crippen molar-refractivity contribution in [3.8, 4) is 0 Å². The Labute approximate surface area is 120 Å². The van der Waals surface area contributed by atoms with Crippen LogP contribution in [0.2, 0.25) is 0 Å². The maximum atomic E-state index is 2.73. The molecular weight excluding hydrogens is 232 g/mol. The van der Waals surface area contributed by atoms with Crippen molar-refractivity contribution in [1.82, 2.24) is 9.80 Å². The van der Waals surface area contributed by atoms with Gasteiger partial charge in [0.2, 0.25) is 0 Å². The van der Waals surface area contributed by atoms with Crippen LogP contribution in [0.5, 0.6) is 0 Å². The van der Waals surface area contributed by atoms with E-state index in [9.17, 15) is 0 Å². The third-order valence-corrected chi connectivity index (χ3v) is 5.15. The van der Waals surface area contributed by atoms with Crippen molar-refractivity contribution >= 4 is 0 Å². The second kappa shape index (κ2) is 7.64. The van der Waals surface area contributed by atoms with E-state index < -0.39 is 0 Å². The maximum absolute atomic E-state index is 2.73. The fourth-order valence-electron chi connectivity index (χ4n) is 3.86. The lowest BCUT2D eigenvalue weighted by molar-refractivity contribution is 0.0975. The molecule has 0 aromatic carbocycles. The molecule has 112 valence electrons. The molecule has 0 amide bonds. The highest BCUT2D eigenvalue weighted by atomic mass is 15.3. The van der Waals surface area contributed by atoms with E-state index in [2.05, 4.69) is 30.6 Å². The summed E-state index contributed by atoms with van der Waals surface area (Å²) < 4.78 is 0. The first-order chi connectivity index (χ1) is 9.17. The lowest BCUT2D eigenvalue weighted by Crippen LogP contribution is -2.48. The molecule has 2 rings (SSSR count). The van der Waals surface area contributed by atoms with Gasteiger partial charge in [0.1, 0.15) is 0 Å². The fourth-order valence-corrected chi connectivity index (χ4v) is 3.86. The summed E-state index contributed by atoms with van der Waals surface area (Å²) in [5.74, 6) is 2.86. The Morgan fingerprint density at radius 1 is 0.842 bits per heavy atom. The smallest absolute Gasteiger partial charge is 0.0110 e. The normalized spacial score (nSPS) is 30.9. The van der Waals surface area contributed by atoms with Gasteiger partial charge in [0.05, 0.1) is 0 Å². The van der Waals surface area contributed by atoms with Crippen LogP contribution in [-0.2, 0) is 0 Å². The molecule has 0 atom stereocenters. The van der Waals surface area contributed by atoms with Crippen molar-refractivity contribution < 1.29 is 0 Å². The largest absolute Gasteiger partial charge is 0.301 e. The number of nitrogens with zero attached hydrogens (tertiary/aromatic N) is 2. The molecule has 0 aromatic heterocycles. The molecule has 1 heterocycles. The molecule has 1 saturated carbocycles. The molecule has 2 heteroatoms. The van der Waals surface area contributed by atoms with Gasteiger partial charge in [-0.15, -0.1) is 0 Å². The second-order valence-corrected chi connectivity index (χ2v) is 7.29. The standard InChI is InChI=1S/C17H34N2/c1-4-16-5-7-17(8-6-16)14-19-11-9-18(10-12-19)13-15(2)3/h15-17H,4-14H2,1-3H3. The molecule has 0 spiro atoms. The van der Waals surface area contributed by atoms with Crippen molar-refractivity contribution in [2.24, 2.45) is 17.8 Å². The minimum Gasteiger partial charge on any atom is -0.301 e. The highest BCUT2D eigenvalue weighted by Gasteiger charge is 2.24. The average molecular weight is 266 g/mol. The molecule has 19 heavy (non-hydrogen) atoms. The molecule has 1 aliphatic carbocycles. The van der Waals surface area contributed by atoms with Crippen molar-refractivity contribution in [3.05, 3.63) is 0 Å². The highest BCUT2D eigenvalue weighted by Crippen LogP contribution is 2.31. The van der Waals surface area contributed by atoms with E-state index >= 15 is 0 Å². The van der Waals surface area contributed by atoms with Crippen LogP contribution in [0.15, 0.2) is 0 Å². The van der Waals surface area contributed by atoms with E-state index in [-0.39, 0.29) is 0 Å². The van der Waals surface area contributed by atoms with Gasteiger partial charge in [-0.05, 0) is 30.6 Å². The van der Waals surface area contributed by atoms with Crippen molar-refractivity contribution in [2.45, 2.75) is 52.9 Å². The molecule has 2 fully saturated rings. The van der Waals surface area contributed by atoms with Gasteiger partial charge in [0.15, 0.2) is 0 Å². The Hall–Kier alpha value is -0.0800. The first-order valence-electron chi connectivity index (χ1n) is 8.62. The van der Waals surface area contributed by atoms with Crippen LogP contribution in [0, 0.1) is 17.8 Å². The van der Waals surface area contributed by atoms with Gasteiger partial charge in [-0.3, -0.25) is 0 Å². The predicted molar refractivity (Wildman–Crippen MR) is 83.5 cm³/mol. The third-order valence-electron chi connectivity index (χ3n) is 5.15. The SMILES string of the molecule is CCC1CCC(CN2CCN(CC(C)C)CC2)CC1. The molecule has 0 aromatic rings. The van der Waals surface area contributed by atoms with Crippen LogP contribution in [0.3, 0.4) is 0 Å². The second-order valence-electron chi connectivity index (χ2n) is 7.29. The summed E-state index contributed by atoms with van der Waals surface area (Å²) in [6.45, 7) is 14.9. The molecule has 0 bridgehead atoms. The first kappa shape index (κ1) is 15.3. The van der Waals surface area contributed by atoms with Crippen LogP contribution >= 0.6 is 0 Å². The van der Waals surface area contributed by atoms with Crippen molar-refractivity contribution in [2.75, 3.05) is 39.3 Å². The minimum atomic E-state index is 0.816. The van der Waals surface area contributed by atoms with Gasteiger partial charge in [0, 0.05) is 39.3 Å². The van der Waals surface area contributed by atoms with Gasteiger partial charge < -0.3 is 9.80 Å². The molecule has 0 radical (unpaired) electrons. The summed E-state index contributed by atoms with van der Waals surface area (Å²) in [7, 11) is 0. The Kier molecular flexibility index (Phi) is 6.15.